The monoisotopic (exact) mass is 316 g/mol. The van der Waals surface area contributed by atoms with Crippen molar-refractivity contribution < 1.29 is 4.43 Å². The van der Waals surface area contributed by atoms with Crippen molar-refractivity contribution in [3.05, 3.63) is 0 Å². The van der Waals surface area contributed by atoms with Gasteiger partial charge in [-0.05, 0) is 33.0 Å². The SMILES string of the molecule is CCCCCC[Si]1(C)CC(C)(C)O[Si](C)(C)[Si]1(C)C. The van der Waals surface area contributed by atoms with E-state index in [1.807, 2.05) is 0 Å². The second-order valence-electron chi connectivity index (χ2n) is 8.55. The van der Waals surface area contributed by atoms with Gasteiger partial charge in [0.1, 0.15) is 0 Å². The molecule has 1 fully saturated rings. The van der Waals surface area contributed by atoms with Gasteiger partial charge in [-0.25, -0.2) is 0 Å². The lowest BCUT2D eigenvalue weighted by Crippen LogP contribution is -2.78. The summed E-state index contributed by atoms with van der Waals surface area (Å²) in [6.45, 7) is 20.1. The summed E-state index contributed by atoms with van der Waals surface area (Å²) in [6.07, 6.45) is 5.71. The first-order chi connectivity index (χ1) is 8.47. The smallest absolute Gasteiger partial charge is 0.172 e. The van der Waals surface area contributed by atoms with Gasteiger partial charge in [0.05, 0.1) is 7.11 Å². The summed E-state index contributed by atoms with van der Waals surface area (Å²) in [5.41, 5.74) is 0.157. The van der Waals surface area contributed by atoms with E-state index in [1.165, 1.54) is 31.7 Å². The van der Waals surface area contributed by atoms with Crippen LogP contribution < -0.4 is 0 Å². The largest absolute Gasteiger partial charge is 0.416 e. The molecule has 0 aromatic carbocycles. The molecule has 1 aliphatic heterocycles. The van der Waals surface area contributed by atoms with Crippen LogP contribution in [-0.2, 0) is 4.43 Å². The van der Waals surface area contributed by atoms with Crippen LogP contribution in [-0.4, -0.2) is 28.1 Å². The van der Waals surface area contributed by atoms with Gasteiger partial charge in [-0.15, -0.1) is 0 Å². The highest BCUT2D eigenvalue weighted by Crippen LogP contribution is 2.46. The van der Waals surface area contributed by atoms with E-state index in [9.17, 15) is 0 Å². The van der Waals surface area contributed by atoms with E-state index in [2.05, 4.69) is 53.5 Å². The van der Waals surface area contributed by atoms with Gasteiger partial charge in [-0.3, -0.25) is 0 Å². The summed E-state index contributed by atoms with van der Waals surface area (Å²) in [7, 11) is -3.73. The lowest BCUT2D eigenvalue weighted by atomic mass is 10.2. The third-order valence-corrected chi connectivity index (χ3v) is 46.6. The van der Waals surface area contributed by atoms with E-state index in [4.69, 9.17) is 4.43 Å². The third kappa shape index (κ3) is 3.63. The van der Waals surface area contributed by atoms with E-state index in [0.717, 1.165) is 0 Å². The first-order valence-corrected chi connectivity index (χ1v) is 19.0. The molecule has 0 saturated carbocycles. The number of unbranched alkanes of at least 4 members (excludes halogenated alkanes) is 3. The van der Waals surface area contributed by atoms with Crippen molar-refractivity contribution in [1.29, 1.82) is 0 Å². The van der Waals surface area contributed by atoms with Crippen LogP contribution >= 0.6 is 0 Å². The quantitative estimate of drug-likeness (QED) is 0.479. The Morgan fingerprint density at radius 1 is 0.947 bits per heavy atom. The first kappa shape index (κ1) is 17.7. The van der Waals surface area contributed by atoms with Crippen molar-refractivity contribution in [2.45, 2.75) is 96.9 Å². The molecule has 4 heteroatoms. The van der Waals surface area contributed by atoms with E-state index in [-0.39, 0.29) is 5.60 Å². The van der Waals surface area contributed by atoms with Gasteiger partial charge in [0, 0.05) is 13.2 Å². The predicted molar refractivity (Wildman–Crippen MR) is 95.5 cm³/mol. The Hall–Kier alpha value is 0.611. The van der Waals surface area contributed by atoms with Crippen molar-refractivity contribution in [2.75, 3.05) is 0 Å². The van der Waals surface area contributed by atoms with Crippen molar-refractivity contribution in [3.8, 4) is 0 Å². The van der Waals surface area contributed by atoms with E-state index >= 15 is 0 Å². The highest BCUT2D eigenvalue weighted by Gasteiger charge is 2.61. The van der Waals surface area contributed by atoms with Crippen LogP contribution in [0.4, 0.5) is 0 Å². The Kier molecular flexibility index (Phi) is 5.37. The molecule has 114 valence electrons. The molecule has 0 aromatic rings. The Balaban J connectivity index is 2.87. The fourth-order valence-corrected chi connectivity index (χ4v) is 38.0. The second-order valence-corrected chi connectivity index (χ2v) is 35.2. The highest BCUT2D eigenvalue weighted by atomic mass is 29.6. The van der Waals surface area contributed by atoms with E-state index in [0.29, 0.717) is 0 Å². The van der Waals surface area contributed by atoms with Crippen LogP contribution in [0, 0.1) is 0 Å². The van der Waals surface area contributed by atoms with E-state index in [1.54, 1.807) is 6.04 Å². The number of rotatable bonds is 5. The summed E-state index contributed by atoms with van der Waals surface area (Å²) in [5, 5.41) is 0. The summed E-state index contributed by atoms with van der Waals surface area (Å²) in [6, 6.07) is 2.97. The molecule has 0 aromatic heterocycles. The molecule has 0 bridgehead atoms. The maximum atomic E-state index is 6.63. The van der Waals surface area contributed by atoms with Crippen LogP contribution in [0.5, 0.6) is 0 Å². The minimum Gasteiger partial charge on any atom is -0.416 e. The molecule has 1 saturated heterocycles. The molecule has 1 aliphatic rings. The molecule has 1 atom stereocenters. The van der Waals surface area contributed by atoms with Gasteiger partial charge in [-0.1, -0.05) is 58.3 Å². The summed E-state index contributed by atoms with van der Waals surface area (Å²) < 4.78 is 6.63. The van der Waals surface area contributed by atoms with Crippen molar-refractivity contribution in [3.63, 3.8) is 0 Å². The van der Waals surface area contributed by atoms with Crippen LogP contribution in [0.15, 0.2) is 0 Å². The maximum absolute atomic E-state index is 6.63. The minimum absolute atomic E-state index is 0.157. The molecule has 19 heavy (non-hydrogen) atoms. The van der Waals surface area contributed by atoms with Gasteiger partial charge >= 0.3 is 0 Å². The van der Waals surface area contributed by atoms with Gasteiger partial charge in [-0.2, -0.15) is 0 Å². The van der Waals surface area contributed by atoms with Crippen molar-refractivity contribution >= 4 is 22.5 Å². The van der Waals surface area contributed by atoms with E-state index < -0.39 is 22.5 Å². The van der Waals surface area contributed by atoms with Gasteiger partial charge in [0.25, 0.3) is 0 Å². The van der Waals surface area contributed by atoms with Gasteiger partial charge in [0.15, 0.2) is 7.83 Å². The molecule has 0 N–H and O–H groups in total. The van der Waals surface area contributed by atoms with Crippen LogP contribution in [0.25, 0.3) is 0 Å². The normalized spacial score (nSPS) is 32.2. The molecule has 1 heterocycles. The average molecular weight is 317 g/mol. The highest BCUT2D eigenvalue weighted by molar-refractivity contribution is 7.67. The summed E-state index contributed by atoms with van der Waals surface area (Å²) in [5.74, 6) is 0. The molecule has 0 radical (unpaired) electrons. The van der Waals surface area contributed by atoms with Crippen LogP contribution in [0.3, 0.4) is 0 Å². The predicted octanol–water partition coefficient (Wildman–Crippen LogP) is 5.52. The molecule has 0 amide bonds. The summed E-state index contributed by atoms with van der Waals surface area (Å²) in [4.78, 5) is 0. The third-order valence-electron chi connectivity index (χ3n) is 5.94. The topological polar surface area (TPSA) is 9.23 Å². The zero-order chi connectivity index (χ0) is 14.9. The first-order valence-electron chi connectivity index (χ1n) is 8.18. The molecule has 0 aliphatic carbocycles. The Bertz CT molecular complexity index is 313. The average Bonchev–Trinajstić information content (AvgIpc) is 2.20. The minimum atomic E-state index is -1.46. The molecule has 1 nitrogen and oxygen atoms in total. The zero-order valence-electron chi connectivity index (χ0n) is 14.7. The lowest BCUT2D eigenvalue weighted by Gasteiger charge is -2.59. The van der Waals surface area contributed by atoms with Gasteiger partial charge < -0.3 is 4.43 Å². The standard InChI is InChI=1S/C15H36OSi3/c1-9-10-11-12-13-19(8)14-15(2,3)16-17(4,5)18(19,6)7/h9-14H2,1-8H3. The Morgan fingerprint density at radius 2 is 1.53 bits per heavy atom. The molecule has 0 spiro atoms. The lowest BCUT2D eigenvalue weighted by molar-refractivity contribution is 0.122. The van der Waals surface area contributed by atoms with Crippen molar-refractivity contribution in [2.24, 2.45) is 0 Å². The fourth-order valence-electron chi connectivity index (χ4n) is 4.08. The number of hydrogen-bond donors (Lipinski definition) is 0. The fraction of sp³-hybridized carbons (Fsp3) is 1.00. The van der Waals surface area contributed by atoms with Crippen LogP contribution in [0.1, 0.15) is 46.5 Å². The zero-order valence-corrected chi connectivity index (χ0v) is 17.7. The Morgan fingerprint density at radius 3 is 2.05 bits per heavy atom. The molecule has 1 unspecified atom stereocenters. The van der Waals surface area contributed by atoms with Crippen molar-refractivity contribution in [1.82, 2.24) is 0 Å². The molecular formula is C15H36OSi3. The molecule has 1 rings (SSSR count). The number of hydrogen-bond acceptors (Lipinski definition) is 1. The maximum Gasteiger partial charge on any atom is 0.172 e. The Labute approximate surface area is 124 Å². The van der Waals surface area contributed by atoms with Gasteiger partial charge in [0.2, 0.25) is 0 Å². The summed E-state index contributed by atoms with van der Waals surface area (Å²) >= 11 is 0. The second kappa shape index (κ2) is 5.78. The van der Waals surface area contributed by atoms with Crippen LogP contribution in [0.2, 0.25) is 44.8 Å². The molecular weight excluding hydrogens is 280 g/mol.